The highest BCUT2D eigenvalue weighted by molar-refractivity contribution is 7.97. The van der Waals surface area contributed by atoms with Gasteiger partial charge in [0, 0.05) is 30.9 Å². The molecule has 2 aliphatic rings. The Morgan fingerprint density at radius 3 is 2.58 bits per heavy atom. The van der Waals surface area contributed by atoms with E-state index in [1.54, 1.807) is 16.8 Å². The standard InChI is InChI=1S/C26H35N3O3S/c1-3-26(31)16-15-21(18-26)29(2)25(30)19-7-11-22(12-8-19)32-23-13-9-20(10-14-23)28-33-24-6-4-5-17-27-24/h4-8,11-12,17,20-21,23,28,31H,3,9-10,13-16,18H2,1-2H3. The second-order valence-electron chi connectivity index (χ2n) is 9.39. The van der Waals surface area contributed by atoms with Gasteiger partial charge in [-0.1, -0.05) is 13.0 Å². The molecule has 2 aromatic rings. The lowest BCUT2D eigenvalue weighted by Gasteiger charge is -2.29. The van der Waals surface area contributed by atoms with Crippen LogP contribution in [0.4, 0.5) is 0 Å². The number of nitrogens with zero attached hydrogens (tertiary/aromatic N) is 2. The zero-order valence-corrected chi connectivity index (χ0v) is 20.4. The molecule has 0 spiro atoms. The Labute approximate surface area is 201 Å². The third kappa shape index (κ3) is 6.28. The van der Waals surface area contributed by atoms with Gasteiger partial charge in [-0.2, -0.15) is 0 Å². The molecule has 178 valence electrons. The second kappa shape index (κ2) is 10.9. The molecule has 0 aliphatic heterocycles. The predicted molar refractivity (Wildman–Crippen MR) is 131 cm³/mol. The molecule has 2 saturated carbocycles. The highest BCUT2D eigenvalue weighted by Crippen LogP contribution is 2.35. The maximum absolute atomic E-state index is 12.9. The van der Waals surface area contributed by atoms with Gasteiger partial charge < -0.3 is 14.7 Å². The van der Waals surface area contributed by atoms with Gasteiger partial charge in [-0.25, -0.2) is 4.98 Å². The first kappa shape index (κ1) is 24.0. The Morgan fingerprint density at radius 1 is 1.18 bits per heavy atom. The third-order valence-electron chi connectivity index (χ3n) is 7.13. The number of rotatable bonds is 8. The quantitative estimate of drug-likeness (QED) is 0.539. The Kier molecular flexibility index (Phi) is 7.94. The van der Waals surface area contributed by atoms with E-state index < -0.39 is 5.60 Å². The monoisotopic (exact) mass is 469 g/mol. The fourth-order valence-electron chi connectivity index (χ4n) is 4.82. The molecule has 2 fully saturated rings. The van der Waals surface area contributed by atoms with Crippen molar-refractivity contribution < 1.29 is 14.6 Å². The minimum atomic E-state index is -0.622. The van der Waals surface area contributed by atoms with E-state index in [4.69, 9.17) is 4.74 Å². The highest BCUT2D eigenvalue weighted by Gasteiger charge is 2.38. The largest absolute Gasteiger partial charge is 0.490 e. The molecule has 0 bridgehead atoms. The lowest BCUT2D eigenvalue weighted by atomic mass is 9.93. The smallest absolute Gasteiger partial charge is 0.253 e. The van der Waals surface area contributed by atoms with Crippen molar-refractivity contribution in [1.82, 2.24) is 14.6 Å². The van der Waals surface area contributed by atoms with Crippen LogP contribution in [0.5, 0.6) is 5.75 Å². The van der Waals surface area contributed by atoms with Gasteiger partial charge in [-0.05, 0) is 99.7 Å². The van der Waals surface area contributed by atoms with Crippen LogP contribution < -0.4 is 9.46 Å². The summed E-state index contributed by atoms with van der Waals surface area (Å²) in [5.41, 5.74) is 0.0407. The summed E-state index contributed by atoms with van der Waals surface area (Å²) in [6.45, 7) is 2.01. The molecule has 1 heterocycles. The maximum atomic E-state index is 12.9. The van der Waals surface area contributed by atoms with Crippen LogP contribution in [0.25, 0.3) is 0 Å². The van der Waals surface area contributed by atoms with Gasteiger partial charge in [-0.15, -0.1) is 0 Å². The number of nitrogens with one attached hydrogen (secondary N) is 1. The van der Waals surface area contributed by atoms with Crippen molar-refractivity contribution in [3.8, 4) is 5.75 Å². The van der Waals surface area contributed by atoms with Crippen LogP contribution in [0.3, 0.4) is 0 Å². The van der Waals surface area contributed by atoms with E-state index in [9.17, 15) is 9.90 Å². The lowest BCUT2D eigenvalue weighted by Crippen LogP contribution is -2.37. The van der Waals surface area contributed by atoms with E-state index in [-0.39, 0.29) is 18.1 Å². The first-order valence-electron chi connectivity index (χ1n) is 12.1. The first-order valence-corrected chi connectivity index (χ1v) is 12.9. The van der Waals surface area contributed by atoms with E-state index >= 15 is 0 Å². The SMILES string of the molecule is CCC1(O)CCC(N(C)C(=O)c2ccc(OC3CCC(NSc4ccccn4)CC3)cc2)C1. The van der Waals surface area contributed by atoms with Crippen molar-refractivity contribution in [2.75, 3.05) is 7.05 Å². The number of ether oxygens (including phenoxy) is 1. The summed E-state index contributed by atoms with van der Waals surface area (Å²) in [7, 11) is 1.84. The molecular formula is C26H35N3O3S. The number of carbonyl (C=O) groups is 1. The number of amides is 1. The minimum Gasteiger partial charge on any atom is -0.490 e. The number of aliphatic hydroxyl groups is 1. The van der Waals surface area contributed by atoms with E-state index in [0.29, 0.717) is 18.0 Å². The summed E-state index contributed by atoms with van der Waals surface area (Å²) in [4.78, 5) is 19.0. The molecule has 6 nitrogen and oxygen atoms in total. The molecule has 0 radical (unpaired) electrons. The molecule has 2 aliphatic carbocycles. The van der Waals surface area contributed by atoms with Crippen molar-refractivity contribution in [1.29, 1.82) is 0 Å². The predicted octanol–water partition coefficient (Wildman–Crippen LogP) is 4.83. The zero-order chi connectivity index (χ0) is 23.3. The van der Waals surface area contributed by atoms with Gasteiger partial charge in [0.15, 0.2) is 0 Å². The molecular weight excluding hydrogens is 434 g/mol. The Bertz CT molecular complexity index is 903. The normalized spacial score (nSPS) is 27.3. The molecule has 4 rings (SSSR count). The number of hydrogen-bond donors (Lipinski definition) is 2. The van der Waals surface area contributed by atoms with Crippen LogP contribution in [-0.2, 0) is 0 Å². The maximum Gasteiger partial charge on any atom is 0.253 e. The van der Waals surface area contributed by atoms with Crippen molar-refractivity contribution >= 4 is 17.9 Å². The minimum absolute atomic E-state index is 0.00360. The summed E-state index contributed by atoms with van der Waals surface area (Å²) in [5.74, 6) is 0.818. The van der Waals surface area contributed by atoms with Crippen molar-refractivity contribution in [3.63, 3.8) is 0 Å². The second-order valence-corrected chi connectivity index (χ2v) is 10.3. The van der Waals surface area contributed by atoms with Gasteiger partial charge in [0.05, 0.1) is 11.7 Å². The Morgan fingerprint density at radius 2 is 1.94 bits per heavy atom. The van der Waals surface area contributed by atoms with E-state index in [1.807, 2.05) is 62.6 Å². The van der Waals surface area contributed by atoms with Crippen molar-refractivity contribution in [3.05, 3.63) is 54.2 Å². The third-order valence-corrected chi connectivity index (χ3v) is 8.03. The van der Waals surface area contributed by atoms with Gasteiger partial charge >= 0.3 is 0 Å². The molecule has 7 heteroatoms. The molecule has 2 unspecified atom stereocenters. The van der Waals surface area contributed by atoms with Gasteiger partial charge in [0.1, 0.15) is 10.8 Å². The Balaban J connectivity index is 1.22. The van der Waals surface area contributed by atoms with Gasteiger partial charge in [0.25, 0.3) is 5.91 Å². The van der Waals surface area contributed by atoms with Gasteiger partial charge in [0.2, 0.25) is 0 Å². The number of aromatic nitrogens is 1. The van der Waals surface area contributed by atoms with Crippen molar-refractivity contribution in [2.45, 2.75) is 87.1 Å². The fraction of sp³-hybridized carbons (Fsp3) is 0.538. The zero-order valence-electron chi connectivity index (χ0n) is 19.6. The fourth-order valence-corrected chi connectivity index (χ4v) is 5.60. The molecule has 0 saturated heterocycles. The molecule has 33 heavy (non-hydrogen) atoms. The summed E-state index contributed by atoms with van der Waals surface area (Å²) < 4.78 is 9.72. The van der Waals surface area contributed by atoms with Crippen LogP contribution >= 0.6 is 11.9 Å². The van der Waals surface area contributed by atoms with Crippen LogP contribution in [0, 0.1) is 0 Å². The molecule has 2 atom stereocenters. The number of pyridine rings is 1. The van der Waals surface area contributed by atoms with Crippen molar-refractivity contribution in [2.24, 2.45) is 0 Å². The van der Waals surface area contributed by atoms with Crippen LogP contribution in [-0.4, -0.2) is 51.7 Å². The summed E-state index contributed by atoms with van der Waals surface area (Å²) in [6, 6.07) is 14.0. The summed E-state index contributed by atoms with van der Waals surface area (Å²) >= 11 is 1.60. The van der Waals surface area contributed by atoms with E-state index in [2.05, 4.69) is 9.71 Å². The van der Waals surface area contributed by atoms with Crippen LogP contribution in [0.15, 0.2) is 53.7 Å². The number of hydrogen-bond acceptors (Lipinski definition) is 6. The average molecular weight is 470 g/mol. The van der Waals surface area contributed by atoms with Crippen LogP contribution in [0.1, 0.15) is 68.6 Å². The topological polar surface area (TPSA) is 74.7 Å². The van der Waals surface area contributed by atoms with Gasteiger partial charge in [-0.3, -0.25) is 9.52 Å². The number of benzene rings is 1. The molecule has 1 aromatic carbocycles. The molecule has 1 aromatic heterocycles. The lowest BCUT2D eigenvalue weighted by molar-refractivity contribution is 0.0348. The summed E-state index contributed by atoms with van der Waals surface area (Å²) in [5, 5.41) is 11.5. The van der Waals surface area contributed by atoms with E-state index in [0.717, 1.165) is 55.7 Å². The molecule has 1 amide bonds. The van der Waals surface area contributed by atoms with E-state index in [1.165, 1.54) is 0 Å². The first-order chi connectivity index (χ1) is 16.0. The molecule has 2 N–H and O–H groups in total. The highest BCUT2D eigenvalue weighted by atomic mass is 32.2. The Hall–Kier alpha value is -2.09. The number of carbonyl (C=O) groups excluding carboxylic acids is 1. The summed E-state index contributed by atoms with van der Waals surface area (Å²) in [6.07, 6.45) is 9.17. The van der Waals surface area contributed by atoms with Crippen LogP contribution in [0.2, 0.25) is 0 Å². The average Bonchev–Trinajstić information content (AvgIpc) is 3.26.